The maximum atomic E-state index is 13.4. The Kier molecular flexibility index (Phi) is 6.78. The molecule has 1 saturated heterocycles. The van der Waals surface area contributed by atoms with E-state index in [9.17, 15) is 4.79 Å². The molecule has 31 heavy (non-hydrogen) atoms. The minimum absolute atomic E-state index is 0.0278. The van der Waals surface area contributed by atoms with E-state index in [-0.39, 0.29) is 5.78 Å². The second-order valence-electron chi connectivity index (χ2n) is 8.14. The number of nitrogens with zero attached hydrogens (tertiary/aromatic N) is 2. The van der Waals surface area contributed by atoms with Crippen LogP contribution in [0.1, 0.15) is 35.2 Å². The number of hydrogen-bond donors (Lipinski definition) is 0. The van der Waals surface area contributed by atoms with Crippen LogP contribution in [0.15, 0.2) is 42.5 Å². The fraction of sp³-hybridized carbons (Fsp3) is 0.400. The maximum absolute atomic E-state index is 13.4. The Morgan fingerprint density at radius 2 is 1.74 bits per heavy atom. The lowest BCUT2D eigenvalue weighted by Gasteiger charge is -2.26. The fourth-order valence-electron chi connectivity index (χ4n) is 4.05. The molecule has 0 amide bonds. The molecular formula is C25H30N2O3S. The van der Waals surface area contributed by atoms with Gasteiger partial charge in [-0.05, 0) is 68.4 Å². The van der Waals surface area contributed by atoms with Gasteiger partial charge in [-0.2, -0.15) is 0 Å². The highest BCUT2D eigenvalue weighted by molar-refractivity contribution is 7.23. The summed E-state index contributed by atoms with van der Waals surface area (Å²) in [6.45, 7) is 3.98. The lowest BCUT2D eigenvalue weighted by molar-refractivity contribution is 0.104. The van der Waals surface area contributed by atoms with Crippen molar-refractivity contribution < 1.29 is 14.3 Å². The lowest BCUT2D eigenvalue weighted by atomic mass is 10.0. The highest BCUT2D eigenvalue weighted by atomic mass is 32.1. The minimum Gasteiger partial charge on any atom is -0.497 e. The van der Waals surface area contributed by atoms with Gasteiger partial charge in [0.25, 0.3) is 0 Å². The summed E-state index contributed by atoms with van der Waals surface area (Å²) in [5.74, 6) is 1.63. The first-order valence-corrected chi connectivity index (χ1v) is 11.7. The van der Waals surface area contributed by atoms with Gasteiger partial charge in [0, 0.05) is 36.3 Å². The number of likely N-dealkylation sites (tertiary alicyclic amines) is 1. The molecule has 1 aliphatic heterocycles. The highest BCUT2D eigenvalue weighted by Crippen LogP contribution is 2.40. The predicted octanol–water partition coefficient (Wildman–Crippen LogP) is 5.07. The third-order valence-electron chi connectivity index (χ3n) is 5.75. The molecule has 2 heterocycles. The molecule has 4 rings (SSSR count). The van der Waals surface area contributed by atoms with Crippen molar-refractivity contribution in [2.45, 2.75) is 19.3 Å². The second-order valence-corrected chi connectivity index (χ2v) is 9.17. The van der Waals surface area contributed by atoms with Crippen molar-refractivity contribution >= 4 is 32.2 Å². The molecule has 0 atom stereocenters. The zero-order chi connectivity index (χ0) is 21.8. The van der Waals surface area contributed by atoms with Crippen LogP contribution in [0.5, 0.6) is 11.5 Å². The Hall–Kier alpha value is -2.57. The SMILES string of the molecule is COc1ccc2c(C(=O)c3ccc(OCCN4CCCCC4)cc3)c(N(C)C)sc2c1. The number of carbonyl (C=O) groups is 1. The summed E-state index contributed by atoms with van der Waals surface area (Å²) in [4.78, 5) is 17.9. The van der Waals surface area contributed by atoms with Crippen LogP contribution in [-0.2, 0) is 0 Å². The van der Waals surface area contributed by atoms with Gasteiger partial charge in [0.15, 0.2) is 5.78 Å². The maximum Gasteiger partial charge on any atom is 0.196 e. The number of piperidine rings is 1. The quantitative estimate of drug-likeness (QED) is 0.459. The number of ketones is 1. The van der Waals surface area contributed by atoms with Gasteiger partial charge in [-0.25, -0.2) is 0 Å². The van der Waals surface area contributed by atoms with Crippen LogP contribution < -0.4 is 14.4 Å². The van der Waals surface area contributed by atoms with Crippen molar-refractivity contribution in [3.8, 4) is 11.5 Å². The van der Waals surface area contributed by atoms with E-state index in [1.54, 1.807) is 18.4 Å². The van der Waals surface area contributed by atoms with Gasteiger partial charge in [-0.15, -0.1) is 11.3 Å². The molecule has 0 saturated carbocycles. The third kappa shape index (κ3) is 4.86. The smallest absolute Gasteiger partial charge is 0.196 e. The Bertz CT molecular complexity index is 1040. The number of thiophene rings is 1. The normalized spacial score (nSPS) is 14.5. The van der Waals surface area contributed by atoms with Crippen molar-refractivity contribution in [2.75, 3.05) is 52.3 Å². The van der Waals surface area contributed by atoms with Crippen LogP contribution in [0.3, 0.4) is 0 Å². The topological polar surface area (TPSA) is 42.0 Å². The summed E-state index contributed by atoms with van der Waals surface area (Å²) in [5, 5.41) is 1.91. The number of carbonyl (C=O) groups excluding carboxylic acids is 1. The number of fused-ring (bicyclic) bond motifs is 1. The van der Waals surface area contributed by atoms with Crippen LogP contribution in [-0.4, -0.2) is 58.1 Å². The first-order chi connectivity index (χ1) is 15.1. The Balaban J connectivity index is 1.50. The van der Waals surface area contributed by atoms with Crippen LogP contribution in [0.25, 0.3) is 10.1 Å². The number of ether oxygens (including phenoxy) is 2. The van der Waals surface area contributed by atoms with E-state index in [0.717, 1.165) is 38.7 Å². The average Bonchev–Trinajstić information content (AvgIpc) is 3.19. The molecule has 0 spiro atoms. The summed E-state index contributed by atoms with van der Waals surface area (Å²) >= 11 is 1.61. The standard InChI is InChI=1S/C25H30N2O3S/c1-26(2)25-23(21-12-11-20(29-3)17-22(21)31-25)24(28)18-7-9-19(10-8-18)30-16-15-27-13-5-4-6-14-27/h7-12,17H,4-6,13-16H2,1-3H3. The van der Waals surface area contributed by atoms with E-state index < -0.39 is 0 Å². The van der Waals surface area contributed by atoms with Gasteiger partial charge in [-0.1, -0.05) is 6.42 Å². The van der Waals surface area contributed by atoms with Crippen molar-refractivity contribution in [2.24, 2.45) is 0 Å². The van der Waals surface area contributed by atoms with E-state index in [1.165, 1.54) is 32.4 Å². The van der Waals surface area contributed by atoms with E-state index >= 15 is 0 Å². The van der Waals surface area contributed by atoms with Gasteiger partial charge >= 0.3 is 0 Å². The summed E-state index contributed by atoms with van der Waals surface area (Å²) < 4.78 is 12.3. The Morgan fingerprint density at radius 3 is 2.42 bits per heavy atom. The number of rotatable bonds is 8. The largest absolute Gasteiger partial charge is 0.497 e. The van der Waals surface area contributed by atoms with Crippen molar-refractivity contribution in [3.63, 3.8) is 0 Å². The molecule has 5 nitrogen and oxygen atoms in total. The monoisotopic (exact) mass is 438 g/mol. The highest BCUT2D eigenvalue weighted by Gasteiger charge is 2.22. The molecule has 0 N–H and O–H groups in total. The molecule has 6 heteroatoms. The van der Waals surface area contributed by atoms with Crippen LogP contribution >= 0.6 is 11.3 Å². The van der Waals surface area contributed by atoms with Crippen molar-refractivity contribution in [1.29, 1.82) is 0 Å². The summed E-state index contributed by atoms with van der Waals surface area (Å²) in [5.41, 5.74) is 1.41. The Labute approximate surface area is 188 Å². The summed E-state index contributed by atoms with van der Waals surface area (Å²) in [6, 6.07) is 13.4. The lowest BCUT2D eigenvalue weighted by Crippen LogP contribution is -2.33. The molecule has 1 aliphatic rings. The van der Waals surface area contributed by atoms with E-state index in [4.69, 9.17) is 9.47 Å². The van der Waals surface area contributed by atoms with Crippen LogP contribution in [0.2, 0.25) is 0 Å². The molecule has 2 aromatic carbocycles. The molecule has 0 unspecified atom stereocenters. The van der Waals surface area contributed by atoms with Crippen LogP contribution in [0, 0.1) is 0 Å². The average molecular weight is 439 g/mol. The van der Waals surface area contributed by atoms with E-state index in [0.29, 0.717) is 12.2 Å². The van der Waals surface area contributed by atoms with E-state index in [1.807, 2.05) is 61.5 Å². The predicted molar refractivity (Wildman–Crippen MR) is 128 cm³/mol. The molecular weight excluding hydrogens is 408 g/mol. The molecule has 3 aromatic rings. The summed E-state index contributed by atoms with van der Waals surface area (Å²) in [7, 11) is 5.60. The number of methoxy groups -OCH3 is 1. The van der Waals surface area contributed by atoms with Gasteiger partial charge in [0.1, 0.15) is 23.1 Å². The van der Waals surface area contributed by atoms with Crippen molar-refractivity contribution in [1.82, 2.24) is 4.90 Å². The van der Waals surface area contributed by atoms with Gasteiger partial charge < -0.3 is 14.4 Å². The van der Waals surface area contributed by atoms with Gasteiger partial charge in [-0.3, -0.25) is 9.69 Å². The number of hydrogen-bond acceptors (Lipinski definition) is 6. The molecule has 0 bridgehead atoms. The fourth-order valence-corrected chi connectivity index (χ4v) is 5.20. The van der Waals surface area contributed by atoms with Gasteiger partial charge in [0.2, 0.25) is 0 Å². The minimum atomic E-state index is 0.0278. The molecule has 0 radical (unpaired) electrons. The van der Waals surface area contributed by atoms with Gasteiger partial charge in [0.05, 0.1) is 12.7 Å². The molecule has 164 valence electrons. The van der Waals surface area contributed by atoms with Crippen LogP contribution in [0.4, 0.5) is 5.00 Å². The number of benzene rings is 2. The van der Waals surface area contributed by atoms with E-state index in [2.05, 4.69) is 4.90 Å². The molecule has 0 aliphatic carbocycles. The summed E-state index contributed by atoms with van der Waals surface area (Å²) in [6.07, 6.45) is 3.92. The zero-order valence-corrected chi connectivity index (χ0v) is 19.3. The zero-order valence-electron chi connectivity index (χ0n) is 18.5. The third-order valence-corrected chi connectivity index (χ3v) is 7.07. The Morgan fingerprint density at radius 1 is 1.03 bits per heavy atom. The van der Waals surface area contributed by atoms with Crippen molar-refractivity contribution in [3.05, 3.63) is 53.6 Å². The number of anilines is 1. The molecule has 1 aromatic heterocycles. The first kappa shape index (κ1) is 21.7. The molecule has 1 fully saturated rings. The second kappa shape index (κ2) is 9.71. The first-order valence-electron chi connectivity index (χ1n) is 10.8.